The molecular weight excluding hydrogens is 198 g/mol. The maximum Gasteiger partial charge on any atom is 0.347 e. The quantitative estimate of drug-likeness (QED) is 0.779. The summed E-state index contributed by atoms with van der Waals surface area (Å²) in [6, 6.07) is 0. The first-order valence-corrected chi connectivity index (χ1v) is 4.87. The molecule has 14 heavy (non-hydrogen) atoms. The van der Waals surface area contributed by atoms with Gasteiger partial charge in [0.25, 0.3) is 0 Å². The Morgan fingerprint density at radius 3 is 2.64 bits per heavy atom. The van der Waals surface area contributed by atoms with E-state index in [1.165, 1.54) is 6.20 Å². The lowest BCUT2D eigenvalue weighted by Crippen LogP contribution is -1.89. The highest BCUT2D eigenvalue weighted by atomic mass is 32.1. The molecule has 3 nitrogen and oxygen atoms in total. The molecule has 0 unspecified atom stereocenters. The molecule has 1 N–H and O–H groups in total. The molecule has 1 heterocycles. The molecule has 0 radical (unpaired) electrons. The molecule has 0 fully saturated rings. The number of allylic oxidation sites excluding steroid dienone is 3. The van der Waals surface area contributed by atoms with E-state index in [1.54, 1.807) is 6.08 Å². The number of aromatic nitrogens is 1. The van der Waals surface area contributed by atoms with Crippen molar-refractivity contribution in [1.82, 2.24) is 4.98 Å². The molecule has 0 aliphatic carbocycles. The molecule has 0 aliphatic rings. The Balaban J connectivity index is 3.14. The van der Waals surface area contributed by atoms with Crippen molar-refractivity contribution < 1.29 is 9.90 Å². The standard InChI is InChI=1S/C10H11NO2S/c1-4-7(6(2)3)9-11-5-8(14-9)10(12)13/h4-5H,1H2,2-3H3,(H,12,13). The van der Waals surface area contributed by atoms with Gasteiger partial charge in [-0.25, -0.2) is 9.78 Å². The van der Waals surface area contributed by atoms with Gasteiger partial charge in [0.15, 0.2) is 0 Å². The average Bonchev–Trinajstić information content (AvgIpc) is 2.53. The smallest absolute Gasteiger partial charge is 0.347 e. The molecule has 0 saturated heterocycles. The summed E-state index contributed by atoms with van der Waals surface area (Å²) in [4.78, 5) is 14.9. The SMILES string of the molecule is C=CC(=C(C)C)c1ncc(C(=O)O)s1. The number of carboxylic acids is 1. The van der Waals surface area contributed by atoms with Crippen LogP contribution in [0.4, 0.5) is 0 Å². The van der Waals surface area contributed by atoms with E-state index >= 15 is 0 Å². The Hall–Kier alpha value is -1.42. The van der Waals surface area contributed by atoms with Crippen molar-refractivity contribution >= 4 is 22.9 Å². The zero-order chi connectivity index (χ0) is 10.7. The second-order valence-corrected chi connectivity index (χ2v) is 3.98. The van der Waals surface area contributed by atoms with Crippen LogP contribution < -0.4 is 0 Å². The highest BCUT2D eigenvalue weighted by molar-refractivity contribution is 7.14. The van der Waals surface area contributed by atoms with Crippen LogP contribution in [-0.4, -0.2) is 16.1 Å². The predicted octanol–water partition coefficient (Wildman–Crippen LogP) is 2.82. The van der Waals surface area contributed by atoms with Gasteiger partial charge in [0.2, 0.25) is 0 Å². The van der Waals surface area contributed by atoms with Gasteiger partial charge < -0.3 is 5.11 Å². The Morgan fingerprint density at radius 2 is 2.29 bits per heavy atom. The number of aromatic carboxylic acids is 1. The highest BCUT2D eigenvalue weighted by Gasteiger charge is 2.10. The molecule has 4 heteroatoms. The Labute approximate surface area is 86.4 Å². The third-order valence-corrected chi connectivity index (χ3v) is 2.71. The van der Waals surface area contributed by atoms with Gasteiger partial charge in [-0.2, -0.15) is 0 Å². The average molecular weight is 209 g/mol. The predicted molar refractivity (Wildman–Crippen MR) is 57.5 cm³/mol. The third kappa shape index (κ3) is 2.09. The van der Waals surface area contributed by atoms with E-state index in [0.29, 0.717) is 5.01 Å². The molecule has 0 aliphatic heterocycles. The summed E-state index contributed by atoms with van der Waals surface area (Å²) in [6.07, 6.45) is 3.06. The minimum absolute atomic E-state index is 0.251. The van der Waals surface area contributed by atoms with E-state index in [9.17, 15) is 4.79 Å². The first kappa shape index (κ1) is 10.7. The molecular formula is C10H11NO2S. The number of hydrogen-bond acceptors (Lipinski definition) is 3. The third-order valence-electron chi connectivity index (χ3n) is 1.69. The topological polar surface area (TPSA) is 50.2 Å². The normalized spacial score (nSPS) is 9.57. The van der Waals surface area contributed by atoms with Crippen LogP contribution in [0.15, 0.2) is 24.4 Å². The molecule has 0 aromatic carbocycles. The molecule has 0 saturated carbocycles. The van der Waals surface area contributed by atoms with Crippen molar-refractivity contribution in [2.24, 2.45) is 0 Å². The number of rotatable bonds is 3. The van der Waals surface area contributed by atoms with Gasteiger partial charge in [-0.05, 0) is 13.8 Å². The van der Waals surface area contributed by atoms with Crippen LogP contribution in [0.5, 0.6) is 0 Å². The fourth-order valence-corrected chi connectivity index (χ4v) is 1.91. The number of nitrogens with zero attached hydrogens (tertiary/aromatic N) is 1. The van der Waals surface area contributed by atoms with E-state index in [-0.39, 0.29) is 4.88 Å². The van der Waals surface area contributed by atoms with Crippen LogP contribution in [0.1, 0.15) is 28.5 Å². The lowest BCUT2D eigenvalue weighted by atomic mass is 10.1. The minimum Gasteiger partial charge on any atom is -0.477 e. The van der Waals surface area contributed by atoms with E-state index < -0.39 is 5.97 Å². The van der Waals surface area contributed by atoms with Crippen LogP contribution in [0.25, 0.3) is 5.57 Å². The Morgan fingerprint density at radius 1 is 1.64 bits per heavy atom. The zero-order valence-corrected chi connectivity index (χ0v) is 8.89. The summed E-state index contributed by atoms with van der Waals surface area (Å²) in [7, 11) is 0. The number of carbonyl (C=O) groups is 1. The summed E-state index contributed by atoms with van der Waals surface area (Å²) in [6.45, 7) is 7.56. The monoisotopic (exact) mass is 209 g/mol. The highest BCUT2D eigenvalue weighted by Crippen LogP contribution is 2.24. The molecule has 1 aromatic heterocycles. The van der Waals surface area contributed by atoms with Gasteiger partial charge in [0.1, 0.15) is 9.88 Å². The molecule has 0 bridgehead atoms. The fourth-order valence-electron chi connectivity index (χ4n) is 1.00. The van der Waals surface area contributed by atoms with Crippen molar-refractivity contribution in [3.05, 3.63) is 34.3 Å². The van der Waals surface area contributed by atoms with E-state index in [1.807, 2.05) is 13.8 Å². The first-order chi connectivity index (χ1) is 6.56. The Bertz CT molecular complexity index is 400. The molecule has 0 spiro atoms. The van der Waals surface area contributed by atoms with Gasteiger partial charge in [-0.3, -0.25) is 0 Å². The minimum atomic E-state index is -0.939. The van der Waals surface area contributed by atoms with Crippen molar-refractivity contribution in [2.45, 2.75) is 13.8 Å². The molecule has 1 aromatic rings. The molecule has 0 amide bonds. The first-order valence-electron chi connectivity index (χ1n) is 4.05. The summed E-state index contributed by atoms with van der Waals surface area (Å²) in [5.74, 6) is -0.939. The van der Waals surface area contributed by atoms with Crippen molar-refractivity contribution in [1.29, 1.82) is 0 Å². The zero-order valence-electron chi connectivity index (χ0n) is 8.07. The second kappa shape index (κ2) is 4.19. The molecule has 0 atom stereocenters. The largest absolute Gasteiger partial charge is 0.477 e. The van der Waals surface area contributed by atoms with Crippen LogP contribution >= 0.6 is 11.3 Å². The van der Waals surface area contributed by atoms with E-state index in [2.05, 4.69) is 11.6 Å². The van der Waals surface area contributed by atoms with Gasteiger partial charge in [-0.15, -0.1) is 11.3 Å². The van der Waals surface area contributed by atoms with Gasteiger partial charge in [-0.1, -0.05) is 18.2 Å². The number of thiazole rings is 1. The van der Waals surface area contributed by atoms with Gasteiger partial charge in [0.05, 0.1) is 6.20 Å². The van der Waals surface area contributed by atoms with Crippen LogP contribution in [0.2, 0.25) is 0 Å². The van der Waals surface area contributed by atoms with Crippen molar-refractivity contribution in [2.75, 3.05) is 0 Å². The molecule has 74 valence electrons. The van der Waals surface area contributed by atoms with Gasteiger partial charge in [0, 0.05) is 5.57 Å². The number of hydrogen-bond donors (Lipinski definition) is 1. The second-order valence-electron chi connectivity index (χ2n) is 2.95. The summed E-state index contributed by atoms with van der Waals surface area (Å²) in [5.41, 5.74) is 1.98. The fraction of sp³-hybridized carbons (Fsp3) is 0.200. The summed E-state index contributed by atoms with van der Waals surface area (Å²) < 4.78 is 0. The maximum atomic E-state index is 10.6. The lowest BCUT2D eigenvalue weighted by Gasteiger charge is -1.98. The summed E-state index contributed by atoms with van der Waals surface area (Å²) >= 11 is 1.16. The van der Waals surface area contributed by atoms with Crippen LogP contribution in [-0.2, 0) is 0 Å². The summed E-state index contributed by atoms with van der Waals surface area (Å²) in [5, 5.41) is 9.43. The number of carboxylic acid groups (broad SMARTS) is 1. The maximum absolute atomic E-state index is 10.6. The van der Waals surface area contributed by atoms with Crippen LogP contribution in [0, 0.1) is 0 Å². The van der Waals surface area contributed by atoms with E-state index in [0.717, 1.165) is 22.5 Å². The van der Waals surface area contributed by atoms with E-state index in [4.69, 9.17) is 5.11 Å². The lowest BCUT2D eigenvalue weighted by molar-refractivity contribution is 0.0702. The van der Waals surface area contributed by atoms with Crippen LogP contribution in [0.3, 0.4) is 0 Å². The molecule has 1 rings (SSSR count). The van der Waals surface area contributed by atoms with Crippen molar-refractivity contribution in [3.8, 4) is 0 Å². The van der Waals surface area contributed by atoms with Crippen molar-refractivity contribution in [3.63, 3.8) is 0 Å². The Kier molecular flexibility index (Phi) is 3.19. The van der Waals surface area contributed by atoms with Gasteiger partial charge >= 0.3 is 5.97 Å².